The van der Waals surface area contributed by atoms with Gasteiger partial charge in [-0.3, -0.25) is 14.6 Å². The topological polar surface area (TPSA) is 64.0 Å². The maximum absolute atomic E-state index is 13.1. The van der Waals surface area contributed by atoms with Crippen LogP contribution in [0.2, 0.25) is 0 Å². The Kier molecular flexibility index (Phi) is 5.14. The monoisotopic (exact) mass is 296 g/mol. The van der Waals surface area contributed by atoms with Gasteiger partial charge in [0.05, 0.1) is 6.54 Å². The fourth-order valence-corrected chi connectivity index (χ4v) is 2.79. The molecule has 5 nitrogen and oxygen atoms in total. The largest absolute Gasteiger partial charge is 0.508 e. The van der Waals surface area contributed by atoms with Crippen LogP contribution in [-0.4, -0.2) is 58.7 Å². The summed E-state index contributed by atoms with van der Waals surface area (Å²) in [7, 11) is 0. The first-order valence-electron chi connectivity index (χ1n) is 7.14. The number of phenolic OH excluding ortho intramolecular Hbond substituents is 1. The highest BCUT2D eigenvalue weighted by molar-refractivity contribution is 5.69. The highest BCUT2D eigenvalue weighted by Gasteiger charge is 2.22. The maximum atomic E-state index is 13.1. The second-order valence-corrected chi connectivity index (χ2v) is 5.44. The molecule has 6 heteroatoms. The second kappa shape index (κ2) is 6.87. The first-order valence-corrected chi connectivity index (χ1v) is 7.14. The van der Waals surface area contributed by atoms with Crippen LogP contribution in [0.3, 0.4) is 0 Å². The predicted molar refractivity (Wildman–Crippen MR) is 76.7 cm³/mol. The smallest absolute Gasteiger partial charge is 0.317 e. The van der Waals surface area contributed by atoms with Crippen molar-refractivity contribution in [3.8, 4) is 5.75 Å². The zero-order valence-corrected chi connectivity index (χ0v) is 12.1. The average molecular weight is 296 g/mol. The molecule has 0 aliphatic carbocycles. The number of carboxylic acid groups (broad SMARTS) is 1. The Morgan fingerprint density at radius 1 is 1.33 bits per heavy atom. The number of rotatable bonds is 4. The third kappa shape index (κ3) is 4.15. The molecule has 0 saturated carbocycles. The van der Waals surface area contributed by atoms with Gasteiger partial charge in [-0.2, -0.15) is 0 Å². The van der Waals surface area contributed by atoms with Crippen molar-refractivity contribution in [2.24, 2.45) is 0 Å². The van der Waals surface area contributed by atoms with Gasteiger partial charge < -0.3 is 10.2 Å². The van der Waals surface area contributed by atoms with Crippen LogP contribution in [0.4, 0.5) is 4.39 Å². The second-order valence-electron chi connectivity index (χ2n) is 5.44. The van der Waals surface area contributed by atoms with Crippen molar-refractivity contribution in [3.05, 3.63) is 29.6 Å². The molecular formula is C15H21FN2O3. The SMILES string of the molecule is CC(c1ccc(F)cc1O)N1CCCN(CC(=O)O)CC1. The van der Waals surface area contributed by atoms with E-state index in [-0.39, 0.29) is 18.3 Å². The van der Waals surface area contributed by atoms with E-state index in [0.717, 1.165) is 32.1 Å². The number of hydrogen-bond donors (Lipinski definition) is 2. The van der Waals surface area contributed by atoms with E-state index in [2.05, 4.69) is 4.90 Å². The number of nitrogens with zero attached hydrogens (tertiary/aromatic N) is 2. The Labute approximate surface area is 123 Å². The molecule has 1 aromatic carbocycles. The van der Waals surface area contributed by atoms with Crippen LogP contribution in [0, 0.1) is 5.82 Å². The summed E-state index contributed by atoms with van der Waals surface area (Å²) < 4.78 is 13.1. The number of carbonyl (C=O) groups is 1. The van der Waals surface area contributed by atoms with Crippen LogP contribution < -0.4 is 0 Å². The van der Waals surface area contributed by atoms with E-state index >= 15 is 0 Å². The number of halogens is 1. The molecule has 0 amide bonds. The van der Waals surface area contributed by atoms with Crippen molar-refractivity contribution in [3.63, 3.8) is 0 Å². The number of aliphatic carboxylic acids is 1. The summed E-state index contributed by atoms with van der Waals surface area (Å²) in [6.07, 6.45) is 0.875. The Balaban J connectivity index is 2.02. The fraction of sp³-hybridized carbons (Fsp3) is 0.533. The van der Waals surface area contributed by atoms with E-state index in [4.69, 9.17) is 5.11 Å². The quantitative estimate of drug-likeness (QED) is 0.885. The Bertz CT molecular complexity index is 510. The molecule has 1 fully saturated rings. The number of phenols is 1. The molecule has 21 heavy (non-hydrogen) atoms. The zero-order chi connectivity index (χ0) is 15.4. The molecule has 2 N–H and O–H groups in total. The van der Waals surface area contributed by atoms with E-state index in [9.17, 15) is 14.3 Å². The van der Waals surface area contributed by atoms with Crippen molar-refractivity contribution >= 4 is 5.97 Å². The van der Waals surface area contributed by atoms with Gasteiger partial charge in [-0.25, -0.2) is 4.39 Å². The minimum absolute atomic E-state index is 0.0321. The molecule has 1 unspecified atom stereocenters. The van der Waals surface area contributed by atoms with Crippen LogP contribution in [-0.2, 0) is 4.79 Å². The van der Waals surface area contributed by atoms with Crippen molar-refractivity contribution in [1.82, 2.24) is 9.80 Å². The summed E-state index contributed by atoms with van der Waals surface area (Å²) >= 11 is 0. The molecule has 116 valence electrons. The van der Waals surface area contributed by atoms with Crippen LogP contribution >= 0.6 is 0 Å². The van der Waals surface area contributed by atoms with Gasteiger partial charge in [-0.15, -0.1) is 0 Å². The Morgan fingerprint density at radius 3 is 2.76 bits per heavy atom. The van der Waals surface area contributed by atoms with Gasteiger partial charge in [0.1, 0.15) is 11.6 Å². The van der Waals surface area contributed by atoms with Crippen LogP contribution in [0.15, 0.2) is 18.2 Å². The first kappa shape index (κ1) is 15.7. The lowest BCUT2D eigenvalue weighted by molar-refractivity contribution is -0.138. The summed E-state index contributed by atoms with van der Waals surface area (Å²) in [6, 6.07) is 4.05. The van der Waals surface area contributed by atoms with Crippen molar-refractivity contribution < 1.29 is 19.4 Å². The van der Waals surface area contributed by atoms with Gasteiger partial charge in [0, 0.05) is 43.9 Å². The summed E-state index contributed by atoms with van der Waals surface area (Å²) in [5.74, 6) is -1.30. The standard InChI is InChI=1S/C15H21FN2O3/c1-11(13-4-3-12(16)9-14(13)19)18-6-2-5-17(7-8-18)10-15(20)21/h3-4,9,11,19H,2,5-8,10H2,1H3,(H,20,21). The number of aromatic hydroxyl groups is 1. The molecule has 1 saturated heterocycles. The van der Waals surface area contributed by atoms with E-state index in [1.807, 2.05) is 11.8 Å². The summed E-state index contributed by atoms with van der Waals surface area (Å²) in [5, 5.41) is 18.7. The Hall–Kier alpha value is -1.66. The van der Waals surface area contributed by atoms with Crippen molar-refractivity contribution in [2.45, 2.75) is 19.4 Å². The summed E-state index contributed by atoms with van der Waals surface area (Å²) in [5.41, 5.74) is 0.697. The molecule has 0 bridgehead atoms. The zero-order valence-electron chi connectivity index (χ0n) is 12.1. The van der Waals surface area contributed by atoms with Gasteiger partial charge in [-0.05, 0) is 19.4 Å². The molecule has 1 aromatic rings. The fourth-order valence-electron chi connectivity index (χ4n) is 2.79. The molecule has 0 aromatic heterocycles. The minimum Gasteiger partial charge on any atom is -0.508 e. The average Bonchev–Trinajstić information content (AvgIpc) is 2.63. The third-order valence-electron chi connectivity index (χ3n) is 3.97. The van der Waals surface area contributed by atoms with Crippen LogP contribution in [0.1, 0.15) is 24.9 Å². The number of benzene rings is 1. The van der Waals surface area contributed by atoms with Gasteiger partial charge in [0.2, 0.25) is 0 Å². The van der Waals surface area contributed by atoms with E-state index < -0.39 is 11.8 Å². The van der Waals surface area contributed by atoms with Gasteiger partial charge in [-0.1, -0.05) is 6.07 Å². The number of carboxylic acids is 1. The third-order valence-corrected chi connectivity index (χ3v) is 3.97. The molecule has 1 aliphatic heterocycles. The molecule has 0 radical (unpaired) electrons. The molecular weight excluding hydrogens is 275 g/mol. The lowest BCUT2D eigenvalue weighted by Crippen LogP contribution is -2.35. The number of hydrogen-bond acceptors (Lipinski definition) is 4. The van der Waals surface area contributed by atoms with Gasteiger partial charge in [0.15, 0.2) is 0 Å². The van der Waals surface area contributed by atoms with Crippen LogP contribution in [0.25, 0.3) is 0 Å². The van der Waals surface area contributed by atoms with E-state index in [0.29, 0.717) is 12.1 Å². The maximum Gasteiger partial charge on any atom is 0.317 e. The first-order chi connectivity index (χ1) is 9.97. The minimum atomic E-state index is -0.812. The van der Waals surface area contributed by atoms with Gasteiger partial charge in [0.25, 0.3) is 0 Å². The molecule has 0 spiro atoms. The molecule has 1 atom stereocenters. The van der Waals surface area contributed by atoms with Crippen molar-refractivity contribution in [1.29, 1.82) is 0 Å². The highest BCUT2D eigenvalue weighted by Crippen LogP contribution is 2.29. The summed E-state index contributed by atoms with van der Waals surface area (Å²) in [4.78, 5) is 14.9. The van der Waals surface area contributed by atoms with E-state index in [1.165, 1.54) is 6.07 Å². The molecule has 1 aliphatic rings. The van der Waals surface area contributed by atoms with Gasteiger partial charge >= 0.3 is 5.97 Å². The highest BCUT2D eigenvalue weighted by atomic mass is 19.1. The van der Waals surface area contributed by atoms with Crippen LogP contribution in [0.5, 0.6) is 5.75 Å². The summed E-state index contributed by atoms with van der Waals surface area (Å²) in [6.45, 7) is 5.02. The Morgan fingerprint density at radius 2 is 2.10 bits per heavy atom. The van der Waals surface area contributed by atoms with E-state index in [1.54, 1.807) is 6.07 Å². The normalized spacial score (nSPS) is 19.1. The predicted octanol–water partition coefficient (Wildman–Crippen LogP) is 1.68. The van der Waals surface area contributed by atoms with Crippen molar-refractivity contribution in [2.75, 3.05) is 32.7 Å². The lowest BCUT2D eigenvalue weighted by atomic mass is 10.1. The lowest BCUT2D eigenvalue weighted by Gasteiger charge is -2.28. The molecule has 2 rings (SSSR count). The molecule has 1 heterocycles.